The average molecular weight is 425 g/mol. The Bertz CT molecular complexity index is 911. The number of benzene rings is 1. The lowest BCUT2D eigenvalue weighted by atomic mass is 9.99. The van der Waals surface area contributed by atoms with Crippen LogP contribution in [0, 0.1) is 0 Å². The number of likely N-dealkylation sites (tertiary alicyclic amines) is 1. The highest BCUT2D eigenvalue weighted by atomic mass is 16.4. The Balaban J connectivity index is 1.64. The minimum atomic E-state index is -1.02. The van der Waals surface area contributed by atoms with Gasteiger partial charge in [-0.3, -0.25) is 14.4 Å². The molecule has 1 saturated carbocycles. The van der Waals surface area contributed by atoms with E-state index in [2.05, 4.69) is 6.58 Å². The summed E-state index contributed by atoms with van der Waals surface area (Å²) in [5.74, 6) is -1.85. The largest absolute Gasteiger partial charge is 0.480 e. The molecule has 1 aromatic carbocycles. The van der Waals surface area contributed by atoms with Crippen molar-refractivity contribution in [1.82, 2.24) is 14.7 Å². The van der Waals surface area contributed by atoms with Gasteiger partial charge in [-0.15, -0.1) is 0 Å². The summed E-state index contributed by atoms with van der Waals surface area (Å²) in [5.41, 5.74) is 0.00447. The van der Waals surface area contributed by atoms with E-state index in [-0.39, 0.29) is 24.3 Å². The van der Waals surface area contributed by atoms with Gasteiger partial charge in [-0.1, -0.05) is 36.9 Å². The fourth-order valence-corrected chi connectivity index (χ4v) is 4.88. The molecule has 3 fully saturated rings. The van der Waals surface area contributed by atoms with Gasteiger partial charge >= 0.3 is 5.97 Å². The van der Waals surface area contributed by atoms with Gasteiger partial charge in [0, 0.05) is 26.1 Å². The number of carboxylic acids is 1. The lowest BCUT2D eigenvalue weighted by Gasteiger charge is -2.44. The summed E-state index contributed by atoms with van der Waals surface area (Å²) in [6.07, 6.45) is 3.70. The highest BCUT2D eigenvalue weighted by molar-refractivity contribution is 6.00. The van der Waals surface area contributed by atoms with Crippen LogP contribution in [0.3, 0.4) is 0 Å². The predicted octanol–water partition coefficient (Wildman–Crippen LogP) is 1.06. The highest BCUT2D eigenvalue weighted by Crippen LogP contribution is 2.46. The number of carbonyl (C=O) groups is 4. The van der Waals surface area contributed by atoms with Crippen molar-refractivity contribution in [2.24, 2.45) is 0 Å². The van der Waals surface area contributed by atoms with E-state index >= 15 is 0 Å². The van der Waals surface area contributed by atoms with Crippen molar-refractivity contribution in [3.05, 3.63) is 48.6 Å². The molecule has 3 aliphatic rings. The molecule has 164 valence electrons. The molecule has 4 rings (SSSR count). The Kier molecular flexibility index (Phi) is 5.56. The number of hydrogen-bond donors (Lipinski definition) is 1. The number of rotatable bonds is 6. The van der Waals surface area contributed by atoms with Crippen LogP contribution >= 0.6 is 0 Å². The normalized spacial score (nSPS) is 23.0. The van der Waals surface area contributed by atoms with Gasteiger partial charge in [0.05, 0.1) is 0 Å². The Hall–Kier alpha value is -3.16. The summed E-state index contributed by atoms with van der Waals surface area (Å²) in [4.78, 5) is 55.6. The Morgan fingerprint density at radius 3 is 2.48 bits per heavy atom. The summed E-state index contributed by atoms with van der Waals surface area (Å²) in [5, 5.41) is 9.55. The van der Waals surface area contributed by atoms with Crippen LogP contribution in [0.5, 0.6) is 0 Å². The summed E-state index contributed by atoms with van der Waals surface area (Å²) in [6.45, 7) is 4.47. The molecule has 0 radical (unpaired) electrons. The summed E-state index contributed by atoms with van der Waals surface area (Å²) < 4.78 is 0. The standard InChI is InChI=1S/C23H27N3O5/c1-2-19(27)26-14-13-25(22(31)23(26)10-11-23)18(15-16-7-4-3-5-8-16)20(28)24-12-6-9-17(24)21(29)30/h2-5,7-8,17-18H,1,6,9-15H2,(H,29,30)/t17-,18-/m0/s1. The third kappa shape index (κ3) is 3.71. The zero-order chi connectivity index (χ0) is 22.2. The molecule has 2 atom stereocenters. The third-order valence-electron chi connectivity index (χ3n) is 6.66. The van der Waals surface area contributed by atoms with E-state index in [4.69, 9.17) is 0 Å². The van der Waals surface area contributed by atoms with Crippen molar-refractivity contribution in [3.8, 4) is 0 Å². The van der Waals surface area contributed by atoms with Crippen molar-refractivity contribution >= 4 is 23.7 Å². The van der Waals surface area contributed by atoms with Gasteiger partial charge in [-0.2, -0.15) is 0 Å². The molecule has 0 unspecified atom stereocenters. The topological polar surface area (TPSA) is 98.2 Å². The van der Waals surface area contributed by atoms with Crippen LogP contribution in [0.25, 0.3) is 0 Å². The van der Waals surface area contributed by atoms with E-state index < -0.39 is 23.6 Å². The second-order valence-corrected chi connectivity index (χ2v) is 8.46. The Morgan fingerprint density at radius 2 is 1.87 bits per heavy atom. The predicted molar refractivity (Wildman–Crippen MR) is 112 cm³/mol. The molecule has 0 bridgehead atoms. The van der Waals surface area contributed by atoms with Gasteiger partial charge in [-0.25, -0.2) is 4.79 Å². The molecule has 1 spiro atoms. The number of amides is 3. The number of piperazine rings is 1. The van der Waals surface area contributed by atoms with Crippen LogP contribution in [-0.2, 0) is 25.6 Å². The van der Waals surface area contributed by atoms with Gasteiger partial charge < -0.3 is 19.8 Å². The SMILES string of the molecule is C=CC(=O)N1CCN([C@@H](Cc2ccccc2)C(=O)N2CCC[C@H]2C(=O)O)C(=O)C12CC2. The summed E-state index contributed by atoms with van der Waals surface area (Å²) >= 11 is 0. The average Bonchev–Trinajstić information content (AvgIpc) is 3.39. The molecular weight excluding hydrogens is 398 g/mol. The van der Waals surface area contributed by atoms with Crippen LogP contribution < -0.4 is 0 Å². The van der Waals surface area contributed by atoms with E-state index in [0.29, 0.717) is 45.2 Å². The molecule has 8 nitrogen and oxygen atoms in total. The summed E-state index contributed by atoms with van der Waals surface area (Å²) in [7, 11) is 0. The first-order chi connectivity index (χ1) is 14.9. The van der Waals surface area contributed by atoms with Gasteiger partial charge in [0.2, 0.25) is 17.7 Å². The molecule has 1 aromatic rings. The van der Waals surface area contributed by atoms with Crippen molar-refractivity contribution in [2.45, 2.75) is 49.7 Å². The number of hydrogen-bond acceptors (Lipinski definition) is 4. The quantitative estimate of drug-likeness (QED) is 0.688. The molecule has 2 aliphatic heterocycles. The van der Waals surface area contributed by atoms with E-state index in [1.807, 2.05) is 30.3 Å². The maximum absolute atomic E-state index is 13.6. The molecule has 2 heterocycles. The molecule has 0 aromatic heterocycles. The zero-order valence-corrected chi connectivity index (χ0v) is 17.4. The van der Waals surface area contributed by atoms with Crippen molar-refractivity contribution in [3.63, 3.8) is 0 Å². The molecule has 2 saturated heterocycles. The van der Waals surface area contributed by atoms with Gasteiger partial charge in [0.25, 0.3) is 0 Å². The molecule has 31 heavy (non-hydrogen) atoms. The number of nitrogens with zero attached hydrogens (tertiary/aromatic N) is 3. The monoisotopic (exact) mass is 425 g/mol. The molecular formula is C23H27N3O5. The van der Waals surface area contributed by atoms with E-state index in [1.165, 1.54) is 11.0 Å². The van der Waals surface area contributed by atoms with E-state index in [0.717, 1.165) is 5.56 Å². The smallest absolute Gasteiger partial charge is 0.326 e. The molecule has 1 N–H and O–H groups in total. The van der Waals surface area contributed by atoms with Gasteiger partial charge in [-0.05, 0) is 37.3 Å². The molecule has 8 heteroatoms. The fourth-order valence-electron chi connectivity index (χ4n) is 4.88. The van der Waals surface area contributed by atoms with Crippen LogP contribution in [0.2, 0.25) is 0 Å². The highest BCUT2D eigenvalue weighted by Gasteiger charge is 2.61. The third-order valence-corrected chi connectivity index (χ3v) is 6.66. The minimum Gasteiger partial charge on any atom is -0.480 e. The van der Waals surface area contributed by atoms with E-state index in [9.17, 15) is 24.3 Å². The van der Waals surface area contributed by atoms with Crippen LogP contribution in [-0.4, -0.2) is 80.8 Å². The van der Waals surface area contributed by atoms with E-state index in [1.54, 1.807) is 9.80 Å². The van der Waals surface area contributed by atoms with Crippen molar-refractivity contribution in [1.29, 1.82) is 0 Å². The lowest BCUT2D eigenvalue weighted by Crippen LogP contribution is -2.65. The van der Waals surface area contributed by atoms with Crippen molar-refractivity contribution in [2.75, 3.05) is 19.6 Å². The number of carboxylic acid groups (broad SMARTS) is 1. The maximum atomic E-state index is 13.6. The first-order valence-electron chi connectivity index (χ1n) is 10.7. The fraction of sp³-hybridized carbons (Fsp3) is 0.478. The second kappa shape index (κ2) is 8.17. The summed E-state index contributed by atoms with van der Waals surface area (Å²) in [6, 6.07) is 7.76. The van der Waals surface area contributed by atoms with Gasteiger partial charge in [0.1, 0.15) is 17.6 Å². The number of aliphatic carboxylic acids is 1. The first kappa shape index (κ1) is 21.1. The first-order valence-corrected chi connectivity index (χ1v) is 10.7. The lowest BCUT2D eigenvalue weighted by molar-refractivity contribution is -0.160. The molecule has 1 aliphatic carbocycles. The Morgan fingerprint density at radius 1 is 1.16 bits per heavy atom. The maximum Gasteiger partial charge on any atom is 0.326 e. The Labute approximate surface area is 181 Å². The second-order valence-electron chi connectivity index (χ2n) is 8.46. The van der Waals surface area contributed by atoms with Gasteiger partial charge in [0.15, 0.2) is 0 Å². The van der Waals surface area contributed by atoms with Crippen molar-refractivity contribution < 1.29 is 24.3 Å². The molecule has 3 amide bonds. The van der Waals surface area contributed by atoms with Crippen LogP contribution in [0.1, 0.15) is 31.2 Å². The van der Waals surface area contributed by atoms with Crippen LogP contribution in [0.4, 0.5) is 0 Å². The number of carbonyl (C=O) groups excluding carboxylic acids is 3. The minimum absolute atomic E-state index is 0.227. The zero-order valence-electron chi connectivity index (χ0n) is 17.4. The van der Waals surface area contributed by atoms with Crippen LogP contribution in [0.15, 0.2) is 43.0 Å².